The molecule has 0 unspecified atom stereocenters. The first-order chi connectivity index (χ1) is 30.2. The number of rotatable bonds is 9. The summed E-state index contributed by atoms with van der Waals surface area (Å²) in [6, 6.07) is 76.8. The summed E-state index contributed by atoms with van der Waals surface area (Å²) in [5.74, 6) is 0. The van der Waals surface area contributed by atoms with Gasteiger partial charge in [0.05, 0.1) is 11.1 Å². The van der Waals surface area contributed by atoms with Gasteiger partial charge in [-0.1, -0.05) is 189 Å². The number of furan rings is 1. The van der Waals surface area contributed by atoms with E-state index in [0.717, 1.165) is 55.7 Å². The molecule has 0 saturated carbocycles. The van der Waals surface area contributed by atoms with Gasteiger partial charge < -0.3 is 9.32 Å². The number of hydrogen-bond donors (Lipinski definition) is 0. The van der Waals surface area contributed by atoms with Gasteiger partial charge in [0.25, 0.3) is 0 Å². The Kier molecular flexibility index (Phi) is 8.90. The molecule has 0 amide bonds. The zero-order valence-electron chi connectivity index (χ0n) is 33.6. The van der Waals surface area contributed by atoms with Gasteiger partial charge in [-0.05, 0) is 110 Å². The highest BCUT2D eigenvalue weighted by molar-refractivity contribution is 6.10. The fraction of sp³-hybridized carbons (Fsp3) is 0.0169. The summed E-state index contributed by atoms with van der Waals surface area (Å²) in [5.41, 5.74) is 15.1. The smallest absolute Gasteiger partial charge is 0.136 e. The summed E-state index contributed by atoms with van der Waals surface area (Å²) in [6.07, 6.45) is 8.33. The Balaban J connectivity index is 1.18. The summed E-state index contributed by atoms with van der Waals surface area (Å²) in [7, 11) is 0. The second-order valence-corrected chi connectivity index (χ2v) is 15.7. The van der Waals surface area contributed by atoms with E-state index in [0.29, 0.717) is 0 Å². The molecule has 11 rings (SSSR count). The highest BCUT2D eigenvalue weighted by Crippen LogP contribution is 2.57. The number of fused-ring (bicyclic) bond motifs is 7. The molecule has 0 fully saturated rings. The van der Waals surface area contributed by atoms with E-state index in [4.69, 9.17) is 4.42 Å². The van der Waals surface area contributed by atoms with Crippen molar-refractivity contribution in [1.82, 2.24) is 0 Å². The molecule has 1 aromatic heterocycles. The molecule has 0 saturated heterocycles. The topological polar surface area (TPSA) is 16.4 Å². The Labute approximate surface area is 356 Å². The van der Waals surface area contributed by atoms with Crippen molar-refractivity contribution in [2.45, 2.75) is 5.41 Å². The van der Waals surface area contributed by atoms with Gasteiger partial charge in [-0.25, -0.2) is 0 Å². The molecule has 2 nitrogen and oxygen atoms in total. The van der Waals surface area contributed by atoms with E-state index in [1.165, 1.54) is 44.2 Å². The van der Waals surface area contributed by atoms with E-state index in [1.807, 2.05) is 12.2 Å². The summed E-state index contributed by atoms with van der Waals surface area (Å²) < 4.78 is 6.44. The molecular formula is C59H41NO. The molecule has 0 bridgehead atoms. The van der Waals surface area contributed by atoms with Gasteiger partial charge in [-0.15, -0.1) is 0 Å². The van der Waals surface area contributed by atoms with Crippen LogP contribution in [0.15, 0.2) is 247 Å². The average Bonchev–Trinajstić information content (AvgIpc) is 3.83. The largest absolute Gasteiger partial charge is 0.456 e. The Morgan fingerprint density at radius 3 is 1.84 bits per heavy atom. The van der Waals surface area contributed by atoms with Crippen molar-refractivity contribution in [3.8, 4) is 22.3 Å². The van der Waals surface area contributed by atoms with E-state index in [-0.39, 0.29) is 0 Å². The normalized spacial score (nSPS) is 13.1. The maximum atomic E-state index is 6.44. The van der Waals surface area contributed by atoms with Crippen LogP contribution in [0.3, 0.4) is 0 Å². The minimum Gasteiger partial charge on any atom is -0.456 e. The van der Waals surface area contributed by atoms with Crippen molar-refractivity contribution in [2.24, 2.45) is 0 Å². The maximum Gasteiger partial charge on any atom is 0.136 e. The highest BCUT2D eigenvalue weighted by Gasteiger charge is 2.46. The molecule has 0 aliphatic heterocycles. The van der Waals surface area contributed by atoms with Crippen LogP contribution in [0.4, 0.5) is 11.4 Å². The lowest BCUT2D eigenvalue weighted by atomic mass is 9.67. The standard InChI is InChI=1S/C59H41NO/c1-2-3-27-47(36-41-32-35-57-52(37-41)53-38-43-21-13-14-22-44(43)39-58(53)61-57)60(56-31-18-16-28-49(56)42-19-7-4-8-20-42)48-33-34-51-50-29-15-17-30-54(50)59(55(51)40-48,45-23-9-5-10-24-45)46-25-11-6-12-26-46/h2-40H,1H2/b27-3-,47-36-. The number of benzene rings is 9. The monoisotopic (exact) mass is 779 g/mol. The van der Waals surface area contributed by atoms with E-state index >= 15 is 0 Å². The zero-order valence-corrected chi connectivity index (χ0v) is 33.6. The summed E-state index contributed by atoms with van der Waals surface area (Å²) in [5, 5.41) is 4.55. The Hall–Kier alpha value is -7.94. The van der Waals surface area contributed by atoms with Gasteiger partial charge in [0, 0.05) is 27.7 Å². The second kappa shape index (κ2) is 15.0. The lowest BCUT2D eigenvalue weighted by Crippen LogP contribution is -2.29. The minimum atomic E-state index is -0.548. The zero-order chi connectivity index (χ0) is 40.8. The fourth-order valence-electron chi connectivity index (χ4n) is 9.62. The van der Waals surface area contributed by atoms with Crippen LogP contribution in [-0.4, -0.2) is 0 Å². The SMILES string of the molecule is C=C/C=C\C(=C\c1ccc2oc3cc4ccccc4cc3c2c1)N(c1ccc2c(c1)C(c1ccccc1)(c1ccccc1)c1ccccc1-2)c1ccccc1-c1ccccc1. The number of para-hydroxylation sites is 1. The lowest BCUT2D eigenvalue weighted by molar-refractivity contribution is 0.669. The van der Waals surface area contributed by atoms with Gasteiger partial charge in [0.2, 0.25) is 0 Å². The predicted octanol–water partition coefficient (Wildman–Crippen LogP) is 15.7. The van der Waals surface area contributed by atoms with Crippen LogP contribution >= 0.6 is 0 Å². The Bertz CT molecular complexity index is 3280. The summed E-state index contributed by atoms with van der Waals surface area (Å²) in [6.45, 7) is 4.11. The van der Waals surface area contributed by atoms with Crippen LogP contribution in [0.25, 0.3) is 61.0 Å². The molecule has 9 aromatic carbocycles. The van der Waals surface area contributed by atoms with Crippen molar-refractivity contribution in [3.05, 3.63) is 271 Å². The molecule has 0 spiro atoms. The van der Waals surface area contributed by atoms with Crippen molar-refractivity contribution < 1.29 is 4.42 Å². The summed E-state index contributed by atoms with van der Waals surface area (Å²) in [4.78, 5) is 2.41. The first-order valence-electron chi connectivity index (χ1n) is 20.9. The third kappa shape index (κ3) is 6.03. The molecule has 61 heavy (non-hydrogen) atoms. The Morgan fingerprint density at radius 1 is 0.492 bits per heavy atom. The fourth-order valence-corrected chi connectivity index (χ4v) is 9.62. The van der Waals surface area contributed by atoms with E-state index in [1.54, 1.807) is 0 Å². The van der Waals surface area contributed by atoms with Crippen LogP contribution in [0.1, 0.15) is 27.8 Å². The molecule has 0 N–H and O–H groups in total. The lowest BCUT2D eigenvalue weighted by Gasteiger charge is -2.35. The molecule has 1 aliphatic rings. The highest BCUT2D eigenvalue weighted by atomic mass is 16.3. The van der Waals surface area contributed by atoms with Crippen LogP contribution in [0, 0.1) is 0 Å². The first-order valence-corrected chi connectivity index (χ1v) is 20.9. The molecular weight excluding hydrogens is 739 g/mol. The molecule has 288 valence electrons. The number of nitrogens with zero attached hydrogens (tertiary/aromatic N) is 1. The molecule has 1 aliphatic carbocycles. The third-order valence-corrected chi connectivity index (χ3v) is 12.3. The molecule has 2 heteroatoms. The van der Waals surface area contributed by atoms with Crippen molar-refractivity contribution >= 4 is 50.2 Å². The van der Waals surface area contributed by atoms with E-state index in [2.05, 4.69) is 236 Å². The van der Waals surface area contributed by atoms with Gasteiger partial charge in [-0.2, -0.15) is 0 Å². The quantitative estimate of drug-likeness (QED) is 0.136. The number of anilines is 2. The van der Waals surface area contributed by atoms with Crippen LogP contribution < -0.4 is 4.90 Å². The van der Waals surface area contributed by atoms with Crippen LogP contribution in [0.2, 0.25) is 0 Å². The van der Waals surface area contributed by atoms with Crippen molar-refractivity contribution in [2.75, 3.05) is 4.90 Å². The van der Waals surface area contributed by atoms with Gasteiger partial charge in [0.15, 0.2) is 0 Å². The minimum absolute atomic E-state index is 0.548. The second-order valence-electron chi connectivity index (χ2n) is 15.7. The van der Waals surface area contributed by atoms with Crippen LogP contribution in [0.5, 0.6) is 0 Å². The molecule has 1 heterocycles. The van der Waals surface area contributed by atoms with Gasteiger partial charge in [-0.3, -0.25) is 0 Å². The maximum absolute atomic E-state index is 6.44. The van der Waals surface area contributed by atoms with Gasteiger partial charge >= 0.3 is 0 Å². The van der Waals surface area contributed by atoms with Gasteiger partial charge in [0.1, 0.15) is 11.2 Å². The average molecular weight is 780 g/mol. The van der Waals surface area contributed by atoms with Crippen molar-refractivity contribution in [3.63, 3.8) is 0 Å². The molecule has 0 atom stereocenters. The van der Waals surface area contributed by atoms with E-state index < -0.39 is 5.41 Å². The number of hydrogen-bond acceptors (Lipinski definition) is 2. The predicted molar refractivity (Wildman–Crippen MR) is 256 cm³/mol. The third-order valence-electron chi connectivity index (χ3n) is 12.3. The first kappa shape index (κ1) is 36.2. The summed E-state index contributed by atoms with van der Waals surface area (Å²) >= 11 is 0. The Morgan fingerprint density at radius 2 is 1.10 bits per heavy atom. The molecule has 10 aromatic rings. The van der Waals surface area contributed by atoms with Crippen molar-refractivity contribution in [1.29, 1.82) is 0 Å². The number of allylic oxidation sites excluding steroid dienone is 3. The molecule has 0 radical (unpaired) electrons. The van der Waals surface area contributed by atoms with Crippen LogP contribution in [-0.2, 0) is 5.41 Å². The van der Waals surface area contributed by atoms with E-state index in [9.17, 15) is 0 Å².